The molecule has 3 rings (SSSR count). The highest BCUT2D eigenvalue weighted by molar-refractivity contribution is 6.16. The van der Waals surface area contributed by atoms with Gasteiger partial charge in [0.2, 0.25) is 0 Å². The number of methoxy groups -OCH3 is 1. The Bertz CT molecular complexity index is 1280. The number of hydrogen-bond donors (Lipinski definition) is 0. The predicted molar refractivity (Wildman–Crippen MR) is 148 cm³/mol. The fourth-order valence-corrected chi connectivity index (χ4v) is 4.96. The van der Waals surface area contributed by atoms with Crippen LogP contribution in [0.15, 0.2) is 35.5 Å². The molecule has 2 aromatic carbocycles. The van der Waals surface area contributed by atoms with Crippen LogP contribution in [0.1, 0.15) is 84.6 Å². The Hall–Kier alpha value is -3.42. The lowest BCUT2D eigenvalue weighted by atomic mass is 9.99. The van der Waals surface area contributed by atoms with E-state index in [1.54, 1.807) is 19.2 Å². The van der Waals surface area contributed by atoms with Gasteiger partial charge in [0.15, 0.2) is 0 Å². The summed E-state index contributed by atoms with van der Waals surface area (Å²) in [4.78, 5) is 27.9. The van der Waals surface area contributed by atoms with Crippen LogP contribution in [-0.4, -0.2) is 28.3 Å². The number of carbonyl (C=O) groups excluding carboxylic acids is 1. The quantitative estimate of drug-likeness (QED) is 0.0727. The van der Waals surface area contributed by atoms with E-state index < -0.39 is 5.97 Å². The van der Waals surface area contributed by atoms with Gasteiger partial charge in [0.1, 0.15) is 5.75 Å². The zero-order valence-corrected chi connectivity index (χ0v) is 22.7. The Morgan fingerprint density at radius 2 is 1.81 bits per heavy atom. The molecule has 1 unspecified atom stereocenters. The zero-order valence-electron chi connectivity index (χ0n) is 22.7. The maximum Gasteiger partial charge on any atom is 0.331 e. The standard InChI is InChI=1S/C29H39N3O5/c1-6-9-11-13-25(30-37-20(4)33)23-15-17-27-28(29(23)36-5)24-18-22(32(34)35)14-16-26(24)31(27)19-21(8-3)12-10-7-2/h14-18,21H,6-13,19H2,1-5H3. The summed E-state index contributed by atoms with van der Waals surface area (Å²) >= 11 is 0. The van der Waals surface area contributed by atoms with Crippen molar-refractivity contribution in [3.8, 4) is 5.75 Å². The summed E-state index contributed by atoms with van der Waals surface area (Å²) in [5, 5.41) is 17.4. The molecule has 1 atom stereocenters. The van der Waals surface area contributed by atoms with Crippen LogP contribution in [0.2, 0.25) is 0 Å². The number of nitro benzene ring substituents is 1. The number of aromatic nitrogens is 1. The van der Waals surface area contributed by atoms with Crippen molar-refractivity contribution in [2.24, 2.45) is 11.1 Å². The molecule has 1 aromatic heterocycles. The highest BCUT2D eigenvalue weighted by Gasteiger charge is 2.23. The zero-order chi connectivity index (χ0) is 26.9. The molecule has 0 N–H and O–H groups in total. The van der Waals surface area contributed by atoms with Gasteiger partial charge in [-0.1, -0.05) is 58.0 Å². The first-order valence-electron chi connectivity index (χ1n) is 13.4. The average molecular weight is 510 g/mol. The van der Waals surface area contributed by atoms with E-state index in [0.717, 1.165) is 72.4 Å². The number of unbranched alkanes of at least 4 members (excludes halogenated alkanes) is 3. The Morgan fingerprint density at radius 1 is 1.08 bits per heavy atom. The number of ether oxygens (including phenoxy) is 1. The molecule has 0 aliphatic rings. The molecular weight excluding hydrogens is 470 g/mol. The predicted octanol–water partition coefficient (Wildman–Crippen LogP) is 7.78. The van der Waals surface area contributed by atoms with Gasteiger partial charge in [-0.25, -0.2) is 4.79 Å². The van der Waals surface area contributed by atoms with Gasteiger partial charge < -0.3 is 14.1 Å². The highest BCUT2D eigenvalue weighted by Crippen LogP contribution is 2.41. The lowest BCUT2D eigenvalue weighted by Gasteiger charge is -2.18. The summed E-state index contributed by atoms with van der Waals surface area (Å²) in [5.74, 6) is 0.596. The van der Waals surface area contributed by atoms with Gasteiger partial charge in [0.05, 0.1) is 28.6 Å². The van der Waals surface area contributed by atoms with Crippen molar-refractivity contribution < 1.29 is 19.3 Å². The SMILES string of the molecule is CCCCCC(=NOC(C)=O)c1ccc2c(c1OC)c1cc([N+](=O)[O-])ccc1n2CC(CC)CCCC. The molecule has 0 bridgehead atoms. The molecular formula is C29H39N3O5. The van der Waals surface area contributed by atoms with E-state index in [0.29, 0.717) is 23.8 Å². The molecule has 0 spiro atoms. The molecule has 0 radical (unpaired) electrons. The van der Waals surface area contributed by atoms with E-state index in [9.17, 15) is 14.9 Å². The number of hydrogen-bond acceptors (Lipinski definition) is 6. The summed E-state index contributed by atoms with van der Waals surface area (Å²) in [5.41, 5.74) is 3.30. The van der Waals surface area contributed by atoms with Crippen LogP contribution in [-0.2, 0) is 16.2 Å². The van der Waals surface area contributed by atoms with Gasteiger partial charge in [-0.05, 0) is 43.4 Å². The number of nitrogens with zero attached hydrogens (tertiary/aromatic N) is 3. The first-order chi connectivity index (χ1) is 17.9. The summed E-state index contributed by atoms with van der Waals surface area (Å²) in [6.45, 7) is 8.69. The third-order valence-electron chi connectivity index (χ3n) is 6.98. The fraction of sp³-hybridized carbons (Fsp3) is 0.517. The first-order valence-corrected chi connectivity index (χ1v) is 13.4. The molecule has 0 aliphatic carbocycles. The van der Waals surface area contributed by atoms with E-state index in [1.165, 1.54) is 13.3 Å². The third kappa shape index (κ3) is 6.48. The van der Waals surface area contributed by atoms with Crippen molar-refractivity contribution in [1.82, 2.24) is 4.57 Å². The summed E-state index contributed by atoms with van der Waals surface area (Å²) in [6, 6.07) is 9.04. The van der Waals surface area contributed by atoms with Gasteiger partial charge in [0, 0.05) is 42.1 Å². The van der Waals surface area contributed by atoms with Crippen molar-refractivity contribution in [2.75, 3.05) is 7.11 Å². The number of benzene rings is 2. The Morgan fingerprint density at radius 3 is 2.43 bits per heavy atom. The van der Waals surface area contributed by atoms with Crippen LogP contribution in [0, 0.1) is 16.0 Å². The fourth-order valence-electron chi connectivity index (χ4n) is 4.96. The molecule has 0 amide bonds. The van der Waals surface area contributed by atoms with E-state index in [-0.39, 0.29) is 10.6 Å². The second-order valence-corrected chi connectivity index (χ2v) is 9.60. The molecule has 1 heterocycles. The van der Waals surface area contributed by atoms with Crippen molar-refractivity contribution >= 4 is 39.2 Å². The van der Waals surface area contributed by atoms with E-state index in [2.05, 4.69) is 30.5 Å². The topological polar surface area (TPSA) is 96.0 Å². The van der Waals surface area contributed by atoms with Gasteiger partial charge in [-0.15, -0.1) is 0 Å². The van der Waals surface area contributed by atoms with Crippen molar-refractivity contribution in [3.63, 3.8) is 0 Å². The van der Waals surface area contributed by atoms with Crippen LogP contribution in [0.4, 0.5) is 5.69 Å². The normalized spacial score (nSPS) is 12.7. The Labute approximate surface area is 218 Å². The molecule has 37 heavy (non-hydrogen) atoms. The molecule has 8 nitrogen and oxygen atoms in total. The van der Waals surface area contributed by atoms with Crippen LogP contribution in [0.3, 0.4) is 0 Å². The van der Waals surface area contributed by atoms with Crippen LogP contribution in [0.25, 0.3) is 21.8 Å². The van der Waals surface area contributed by atoms with Crippen LogP contribution >= 0.6 is 0 Å². The molecule has 8 heteroatoms. The summed E-state index contributed by atoms with van der Waals surface area (Å²) in [6.07, 6.45) is 8.08. The van der Waals surface area contributed by atoms with E-state index >= 15 is 0 Å². The number of carbonyl (C=O) groups is 1. The van der Waals surface area contributed by atoms with E-state index in [1.807, 2.05) is 18.2 Å². The second kappa shape index (κ2) is 13.2. The van der Waals surface area contributed by atoms with E-state index in [4.69, 9.17) is 9.57 Å². The lowest BCUT2D eigenvalue weighted by Crippen LogP contribution is -2.10. The number of fused-ring (bicyclic) bond motifs is 3. The second-order valence-electron chi connectivity index (χ2n) is 9.60. The number of oxime groups is 1. The van der Waals surface area contributed by atoms with Gasteiger partial charge in [0.25, 0.3) is 5.69 Å². The van der Waals surface area contributed by atoms with Crippen LogP contribution in [0.5, 0.6) is 5.75 Å². The van der Waals surface area contributed by atoms with Crippen molar-refractivity contribution in [2.45, 2.75) is 85.6 Å². The monoisotopic (exact) mass is 509 g/mol. The minimum atomic E-state index is -0.488. The Balaban J connectivity index is 2.28. The Kier molecular flexibility index (Phi) is 10.1. The first kappa shape index (κ1) is 28.2. The number of non-ortho nitro benzene ring substituents is 1. The van der Waals surface area contributed by atoms with Crippen LogP contribution < -0.4 is 4.74 Å². The maximum absolute atomic E-state index is 11.7. The molecule has 3 aromatic rings. The molecule has 0 saturated heterocycles. The number of nitro groups is 1. The lowest BCUT2D eigenvalue weighted by molar-refractivity contribution is -0.384. The number of rotatable bonds is 14. The van der Waals surface area contributed by atoms with Gasteiger partial charge in [-0.2, -0.15) is 0 Å². The average Bonchev–Trinajstić information content (AvgIpc) is 3.20. The summed E-state index contributed by atoms with van der Waals surface area (Å²) in [7, 11) is 1.60. The molecule has 200 valence electrons. The molecule has 0 saturated carbocycles. The minimum Gasteiger partial charge on any atom is -0.495 e. The largest absolute Gasteiger partial charge is 0.495 e. The maximum atomic E-state index is 11.7. The van der Waals surface area contributed by atoms with Gasteiger partial charge >= 0.3 is 5.97 Å². The third-order valence-corrected chi connectivity index (χ3v) is 6.98. The minimum absolute atomic E-state index is 0.0359. The van der Waals surface area contributed by atoms with Crippen molar-refractivity contribution in [1.29, 1.82) is 0 Å². The molecule has 0 fully saturated rings. The highest BCUT2D eigenvalue weighted by atomic mass is 16.7. The summed E-state index contributed by atoms with van der Waals surface area (Å²) < 4.78 is 8.23. The van der Waals surface area contributed by atoms with Gasteiger partial charge in [-0.3, -0.25) is 10.1 Å². The smallest absolute Gasteiger partial charge is 0.331 e. The molecule has 0 aliphatic heterocycles. The van der Waals surface area contributed by atoms with Crippen molar-refractivity contribution in [3.05, 3.63) is 46.0 Å².